The molecule has 20 heavy (non-hydrogen) atoms. The molecule has 0 atom stereocenters. The Morgan fingerprint density at radius 1 is 1.00 bits per heavy atom. The molecule has 1 aromatic heterocycles. The first-order chi connectivity index (χ1) is 9.81. The normalized spacial score (nSPS) is 10.4. The predicted molar refractivity (Wildman–Crippen MR) is 75.6 cm³/mol. The van der Waals surface area contributed by atoms with Gasteiger partial charge < -0.3 is 14.5 Å². The Kier molecular flexibility index (Phi) is 3.37. The molecule has 1 N–H and O–H groups in total. The zero-order valence-electron chi connectivity index (χ0n) is 10.7. The van der Waals surface area contributed by atoms with E-state index in [0.29, 0.717) is 5.88 Å². The number of hydrogen-bond acceptors (Lipinski definition) is 3. The molecule has 0 radical (unpaired) electrons. The number of carbonyl (C=O) groups is 1. The molecule has 0 bridgehead atoms. The number of nitrogens with one attached hydrogen (secondary N) is 1. The van der Waals surface area contributed by atoms with Gasteiger partial charge in [0.1, 0.15) is 6.61 Å². The van der Waals surface area contributed by atoms with Crippen LogP contribution in [0.4, 0.5) is 4.79 Å². The largest absolute Gasteiger partial charge is 0.515 e. The SMILES string of the molecule is O=C(OCc1ccccc1)Oc1cc2ccccc2[nH]1. The van der Waals surface area contributed by atoms with Crippen LogP contribution in [-0.2, 0) is 11.3 Å². The Labute approximate surface area is 115 Å². The number of benzene rings is 2. The Bertz CT molecular complexity index is 686. The van der Waals surface area contributed by atoms with Gasteiger partial charge in [-0.3, -0.25) is 0 Å². The van der Waals surface area contributed by atoms with Crippen LogP contribution in [0.3, 0.4) is 0 Å². The van der Waals surface area contributed by atoms with E-state index in [4.69, 9.17) is 9.47 Å². The van der Waals surface area contributed by atoms with Crippen LogP contribution in [0.2, 0.25) is 0 Å². The lowest BCUT2D eigenvalue weighted by molar-refractivity contribution is 0.0915. The number of carbonyl (C=O) groups excluding carboxylic acids is 1. The lowest BCUT2D eigenvalue weighted by Gasteiger charge is -2.04. The number of ether oxygens (including phenoxy) is 2. The lowest BCUT2D eigenvalue weighted by Crippen LogP contribution is -2.10. The van der Waals surface area contributed by atoms with Crippen LogP contribution in [0.25, 0.3) is 10.9 Å². The van der Waals surface area contributed by atoms with E-state index in [-0.39, 0.29) is 6.61 Å². The summed E-state index contributed by atoms with van der Waals surface area (Å²) in [5, 5.41) is 0.985. The van der Waals surface area contributed by atoms with Crippen LogP contribution >= 0.6 is 0 Å². The average molecular weight is 267 g/mol. The zero-order valence-corrected chi connectivity index (χ0v) is 10.7. The molecular weight excluding hydrogens is 254 g/mol. The van der Waals surface area contributed by atoms with E-state index in [9.17, 15) is 4.79 Å². The molecule has 0 saturated carbocycles. The van der Waals surface area contributed by atoms with E-state index in [1.54, 1.807) is 6.07 Å². The first kappa shape index (κ1) is 12.3. The minimum Gasteiger partial charge on any atom is -0.429 e. The van der Waals surface area contributed by atoms with Crippen molar-refractivity contribution in [3.05, 3.63) is 66.2 Å². The van der Waals surface area contributed by atoms with Gasteiger partial charge in [0, 0.05) is 17.0 Å². The van der Waals surface area contributed by atoms with E-state index in [1.807, 2.05) is 54.6 Å². The number of aromatic nitrogens is 1. The van der Waals surface area contributed by atoms with Gasteiger partial charge in [0.2, 0.25) is 5.88 Å². The predicted octanol–water partition coefficient (Wildman–Crippen LogP) is 3.88. The molecule has 100 valence electrons. The third-order valence-corrected chi connectivity index (χ3v) is 2.90. The fourth-order valence-electron chi connectivity index (χ4n) is 1.94. The maximum absolute atomic E-state index is 11.6. The molecule has 1 heterocycles. The number of hydrogen-bond donors (Lipinski definition) is 1. The van der Waals surface area contributed by atoms with Crippen LogP contribution in [0.5, 0.6) is 5.88 Å². The van der Waals surface area contributed by atoms with Gasteiger partial charge in [0.05, 0.1) is 0 Å². The van der Waals surface area contributed by atoms with Gasteiger partial charge in [-0.15, -0.1) is 0 Å². The van der Waals surface area contributed by atoms with Gasteiger partial charge >= 0.3 is 6.16 Å². The summed E-state index contributed by atoms with van der Waals surface area (Å²) in [7, 11) is 0. The molecule has 4 heteroatoms. The standard InChI is InChI=1S/C16H13NO3/c18-16(19-11-12-6-2-1-3-7-12)20-15-10-13-8-4-5-9-14(13)17-15/h1-10,17H,11H2. The Balaban J connectivity index is 1.61. The summed E-state index contributed by atoms with van der Waals surface area (Å²) in [6.45, 7) is 0.194. The highest BCUT2D eigenvalue weighted by molar-refractivity contribution is 5.82. The summed E-state index contributed by atoms with van der Waals surface area (Å²) >= 11 is 0. The van der Waals surface area contributed by atoms with Crippen molar-refractivity contribution in [3.8, 4) is 5.88 Å². The first-order valence-corrected chi connectivity index (χ1v) is 6.27. The second-order valence-electron chi connectivity index (χ2n) is 4.35. The molecule has 3 rings (SSSR count). The zero-order chi connectivity index (χ0) is 13.8. The molecule has 0 spiro atoms. The Morgan fingerprint density at radius 2 is 1.75 bits per heavy atom. The smallest absolute Gasteiger partial charge is 0.429 e. The second-order valence-corrected chi connectivity index (χ2v) is 4.35. The summed E-state index contributed by atoms with van der Waals surface area (Å²) in [4.78, 5) is 14.6. The maximum Gasteiger partial charge on any atom is 0.515 e. The molecule has 4 nitrogen and oxygen atoms in total. The van der Waals surface area contributed by atoms with Crippen molar-refractivity contribution in [1.82, 2.24) is 4.98 Å². The van der Waals surface area contributed by atoms with Gasteiger partial charge in [-0.1, -0.05) is 48.5 Å². The highest BCUT2D eigenvalue weighted by atomic mass is 16.7. The van der Waals surface area contributed by atoms with Gasteiger partial charge in [-0.25, -0.2) is 4.79 Å². The summed E-state index contributed by atoms with van der Waals surface area (Å²) in [5.74, 6) is 0.379. The monoisotopic (exact) mass is 267 g/mol. The van der Waals surface area contributed by atoms with Crippen molar-refractivity contribution in [2.75, 3.05) is 0 Å². The van der Waals surface area contributed by atoms with E-state index in [2.05, 4.69) is 4.98 Å². The van der Waals surface area contributed by atoms with Gasteiger partial charge in [-0.2, -0.15) is 0 Å². The fraction of sp³-hybridized carbons (Fsp3) is 0.0625. The Morgan fingerprint density at radius 3 is 2.55 bits per heavy atom. The van der Waals surface area contributed by atoms with Crippen molar-refractivity contribution in [2.24, 2.45) is 0 Å². The molecule has 0 aliphatic heterocycles. The number of H-pyrrole nitrogens is 1. The van der Waals surface area contributed by atoms with E-state index >= 15 is 0 Å². The minimum atomic E-state index is -0.722. The summed E-state index contributed by atoms with van der Waals surface area (Å²) < 4.78 is 10.2. The Hall–Kier alpha value is -2.75. The second kappa shape index (κ2) is 5.48. The molecule has 3 aromatic rings. The molecule has 0 fully saturated rings. The minimum absolute atomic E-state index is 0.194. The molecule has 0 amide bonds. The number of rotatable bonds is 3. The lowest BCUT2D eigenvalue weighted by atomic mass is 10.2. The summed E-state index contributed by atoms with van der Waals surface area (Å²) in [5.41, 5.74) is 1.83. The first-order valence-electron chi connectivity index (χ1n) is 6.27. The van der Waals surface area contributed by atoms with Crippen molar-refractivity contribution in [3.63, 3.8) is 0 Å². The van der Waals surface area contributed by atoms with Crippen LogP contribution < -0.4 is 4.74 Å². The summed E-state index contributed by atoms with van der Waals surface area (Å²) in [6.07, 6.45) is -0.722. The molecular formula is C16H13NO3. The third kappa shape index (κ3) is 2.80. The van der Waals surface area contributed by atoms with Crippen molar-refractivity contribution in [1.29, 1.82) is 0 Å². The third-order valence-electron chi connectivity index (χ3n) is 2.90. The van der Waals surface area contributed by atoms with Gasteiger partial charge in [-0.05, 0) is 11.6 Å². The van der Waals surface area contributed by atoms with E-state index in [0.717, 1.165) is 16.5 Å². The van der Waals surface area contributed by atoms with Crippen molar-refractivity contribution in [2.45, 2.75) is 6.61 Å². The molecule has 0 saturated heterocycles. The van der Waals surface area contributed by atoms with Crippen LogP contribution in [0.15, 0.2) is 60.7 Å². The topological polar surface area (TPSA) is 51.3 Å². The fourth-order valence-corrected chi connectivity index (χ4v) is 1.94. The number of fused-ring (bicyclic) bond motifs is 1. The van der Waals surface area contributed by atoms with Crippen LogP contribution in [0, 0.1) is 0 Å². The molecule has 0 unspecified atom stereocenters. The van der Waals surface area contributed by atoms with Crippen molar-refractivity contribution < 1.29 is 14.3 Å². The van der Waals surface area contributed by atoms with Crippen molar-refractivity contribution >= 4 is 17.1 Å². The van der Waals surface area contributed by atoms with Gasteiger partial charge in [0.15, 0.2) is 0 Å². The highest BCUT2D eigenvalue weighted by Gasteiger charge is 2.08. The van der Waals surface area contributed by atoms with Crippen LogP contribution in [0.1, 0.15) is 5.56 Å². The number of para-hydroxylation sites is 1. The van der Waals surface area contributed by atoms with E-state index in [1.165, 1.54) is 0 Å². The molecule has 0 aliphatic carbocycles. The average Bonchev–Trinajstić information content (AvgIpc) is 2.88. The van der Waals surface area contributed by atoms with Crippen LogP contribution in [-0.4, -0.2) is 11.1 Å². The van der Waals surface area contributed by atoms with Gasteiger partial charge in [0.25, 0.3) is 0 Å². The molecule has 0 aliphatic rings. The number of aromatic amines is 1. The highest BCUT2D eigenvalue weighted by Crippen LogP contribution is 2.20. The summed E-state index contributed by atoms with van der Waals surface area (Å²) in [6, 6.07) is 18.9. The molecule has 2 aromatic carbocycles. The maximum atomic E-state index is 11.6. The van der Waals surface area contributed by atoms with E-state index < -0.39 is 6.16 Å². The quantitative estimate of drug-likeness (QED) is 0.732.